The van der Waals surface area contributed by atoms with Crippen molar-refractivity contribution in [1.82, 2.24) is 9.13 Å². The molecule has 0 N–H and O–H groups in total. The van der Waals surface area contributed by atoms with Gasteiger partial charge in [0.15, 0.2) is 5.57 Å². The molecule has 0 aliphatic rings. The Labute approximate surface area is 323 Å². The zero-order valence-corrected chi connectivity index (χ0v) is 31.0. The second kappa shape index (κ2) is 14.8. The third-order valence-electron chi connectivity index (χ3n) is 9.75. The first-order valence-corrected chi connectivity index (χ1v) is 17.6. The van der Waals surface area contributed by atoms with Crippen LogP contribution < -0.4 is 18.9 Å². The number of rotatable bonds is 6. The minimum absolute atomic E-state index is 0.148. The number of methoxy groups -OCH3 is 4. The third kappa shape index (κ3) is 6.25. The highest BCUT2D eigenvalue weighted by Crippen LogP contribution is 2.37. The smallest absolute Gasteiger partial charge is 0.153 e. The number of hydrogen-bond donors (Lipinski definition) is 0. The number of hydrogen-bond acceptors (Lipinski definition) is 6. The van der Waals surface area contributed by atoms with Crippen LogP contribution in [-0.4, -0.2) is 37.6 Å². The van der Waals surface area contributed by atoms with Gasteiger partial charge in [-0.05, 0) is 121 Å². The van der Waals surface area contributed by atoms with E-state index in [-0.39, 0.29) is 11.1 Å². The molecule has 0 bridgehead atoms. The van der Waals surface area contributed by atoms with Gasteiger partial charge in [-0.2, -0.15) is 10.5 Å². The lowest BCUT2D eigenvalue weighted by Gasteiger charge is -2.08. The predicted molar refractivity (Wildman–Crippen MR) is 220 cm³/mol. The monoisotopic (exact) mass is 728 g/mol. The normalized spacial score (nSPS) is 10.5. The summed E-state index contributed by atoms with van der Waals surface area (Å²) < 4.78 is 26.4. The van der Waals surface area contributed by atoms with E-state index in [9.17, 15) is 10.5 Å². The molecule has 0 fully saturated rings. The number of allylic oxidation sites excluding steroid dienone is 2. The molecule has 8 nitrogen and oxygen atoms in total. The first-order chi connectivity index (χ1) is 27.5. The molecule has 0 atom stereocenters. The van der Waals surface area contributed by atoms with Gasteiger partial charge in [0.05, 0.1) is 50.5 Å². The lowest BCUT2D eigenvalue weighted by atomic mass is 10.1. The largest absolute Gasteiger partial charge is 0.497 e. The van der Waals surface area contributed by atoms with Gasteiger partial charge >= 0.3 is 0 Å². The second-order valence-electron chi connectivity index (χ2n) is 12.8. The molecule has 2 aromatic heterocycles. The fourth-order valence-electron chi connectivity index (χ4n) is 6.98. The summed E-state index contributed by atoms with van der Waals surface area (Å²) in [5.41, 5.74) is 7.38. The summed E-state index contributed by atoms with van der Waals surface area (Å²) in [6.45, 7) is 0. The van der Waals surface area contributed by atoms with Gasteiger partial charge in [0, 0.05) is 44.0 Å². The van der Waals surface area contributed by atoms with Gasteiger partial charge in [0.2, 0.25) is 0 Å². The molecule has 2 heterocycles. The van der Waals surface area contributed by atoms with Gasteiger partial charge < -0.3 is 28.1 Å². The molecule has 0 aliphatic heterocycles. The number of aromatic nitrogens is 2. The van der Waals surface area contributed by atoms with Crippen LogP contribution in [0.2, 0.25) is 0 Å². The first-order valence-electron chi connectivity index (χ1n) is 17.6. The zero-order chi connectivity index (χ0) is 38.8. The van der Waals surface area contributed by atoms with E-state index in [0.717, 1.165) is 78.0 Å². The van der Waals surface area contributed by atoms with Crippen LogP contribution in [0.3, 0.4) is 0 Å². The van der Waals surface area contributed by atoms with Crippen LogP contribution in [0.15, 0.2) is 132 Å². The zero-order valence-electron chi connectivity index (χ0n) is 31.0. The van der Waals surface area contributed by atoms with E-state index < -0.39 is 0 Å². The fraction of sp³-hybridized carbons (Fsp3) is 0.0833. The highest BCUT2D eigenvalue weighted by molar-refractivity contribution is 6.11. The number of ether oxygens (including phenoxy) is 4. The summed E-state index contributed by atoms with van der Waals surface area (Å²) in [5, 5.41) is 23.7. The van der Waals surface area contributed by atoms with E-state index >= 15 is 0 Å². The van der Waals surface area contributed by atoms with Gasteiger partial charge in [0.25, 0.3) is 0 Å². The minimum atomic E-state index is -0.148. The third-order valence-corrected chi connectivity index (χ3v) is 9.75. The van der Waals surface area contributed by atoms with E-state index in [1.165, 1.54) is 0 Å². The lowest BCUT2D eigenvalue weighted by Crippen LogP contribution is -1.94. The second-order valence-corrected chi connectivity index (χ2v) is 12.8. The SMILES string of the molecule is COc1ccc2c(c1)c1cc(OC)ccc1n2-c1ccc(C#CC(C#Cc2ccc(-n3c4ccc(OC)cc4c4cc(OC)ccc43)cc2)=C(C#N)C#N)cc1. The highest BCUT2D eigenvalue weighted by atomic mass is 16.5. The quantitative estimate of drug-likeness (QED) is 0.125. The highest BCUT2D eigenvalue weighted by Gasteiger charge is 2.16. The summed E-state index contributed by atoms with van der Waals surface area (Å²) in [6.07, 6.45) is 0. The molecule has 8 aromatic rings. The number of fused-ring (bicyclic) bond motifs is 6. The summed E-state index contributed by atoms with van der Waals surface area (Å²) in [5.74, 6) is 15.3. The van der Waals surface area contributed by atoms with Crippen molar-refractivity contribution in [2.45, 2.75) is 0 Å². The maximum atomic E-state index is 9.75. The Morgan fingerprint density at radius 1 is 0.411 bits per heavy atom. The maximum absolute atomic E-state index is 9.75. The van der Waals surface area contributed by atoms with Gasteiger partial charge in [-0.1, -0.05) is 23.7 Å². The Morgan fingerprint density at radius 3 is 0.982 bits per heavy atom. The molecule has 0 spiro atoms. The summed E-state index contributed by atoms with van der Waals surface area (Å²) in [7, 11) is 6.63. The molecule has 0 radical (unpaired) electrons. The summed E-state index contributed by atoms with van der Waals surface area (Å²) >= 11 is 0. The maximum Gasteiger partial charge on any atom is 0.153 e. The summed E-state index contributed by atoms with van der Waals surface area (Å²) in [4.78, 5) is 0. The number of nitriles is 2. The number of nitrogens with zero attached hydrogens (tertiary/aromatic N) is 4. The van der Waals surface area contributed by atoms with Crippen molar-refractivity contribution in [3.05, 3.63) is 144 Å². The standard InChI is InChI=1S/C48H32N4O4/c1-53-37-17-21-45-41(25-37)42-26-38(54-2)18-22-46(42)51(45)35-13-7-31(8-14-35)5-11-33(34(29-49)30-50)12-6-32-9-15-36(16-10-32)52-47-23-19-39(55-3)27-43(47)44-28-40(56-4)20-24-48(44)52/h7-10,13-28H,1-4H3. The Bertz CT molecular complexity index is 2760. The molecule has 6 aromatic carbocycles. The molecule has 268 valence electrons. The molecule has 8 heteroatoms. The van der Waals surface area contributed by atoms with Gasteiger partial charge in [-0.15, -0.1) is 0 Å². The van der Waals surface area contributed by atoms with E-state index in [1.807, 2.05) is 133 Å². The Morgan fingerprint density at radius 2 is 0.714 bits per heavy atom. The van der Waals surface area contributed by atoms with Crippen LogP contribution in [0.4, 0.5) is 0 Å². The Kier molecular flexibility index (Phi) is 9.23. The van der Waals surface area contributed by atoms with Gasteiger partial charge in [0.1, 0.15) is 40.7 Å². The van der Waals surface area contributed by atoms with E-state index in [2.05, 4.69) is 32.8 Å². The van der Waals surface area contributed by atoms with Crippen molar-refractivity contribution < 1.29 is 18.9 Å². The Hall–Kier alpha value is -8.04. The van der Waals surface area contributed by atoms with Crippen molar-refractivity contribution >= 4 is 43.6 Å². The minimum Gasteiger partial charge on any atom is -0.497 e. The van der Waals surface area contributed by atoms with Crippen LogP contribution in [0.5, 0.6) is 23.0 Å². The lowest BCUT2D eigenvalue weighted by molar-refractivity contribution is 0.415. The summed E-state index contributed by atoms with van der Waals surface area (Å²) in [6, 6.07) is 43.6. The molecular weight excluding hydrogens is 697 g/mol. The van der Waals surface area contributed by atoms with Gasteiger partial charge in [-0.25, -0.2) is 0 Å². The number of benzene rings is 6. The Balaban J connectivity index is 1.10. The van der Waals surface area contributed by atoms with Crippen LogP contribution in [-0.2, 0) is 0 Å². The van der Waals surface area contributed by atoms with Crippen molar-refractivity contribution in [2.24, 2.45) is 0 Å². The van der Waals surface area contributed by atoms with Crippen molar-refractivity contribution in [3.63, 3.8) is 0 Å². The molecule has 8 rings (SSSR count). The molecular formula is C48H32N4O4. The van der Waals surface area contributed by atoms with Crippen LogP contribution >= 0.6 is 0 Å². The molecule has 56 heavy (non-hydrogen) atoms. The van der Waals surface area contributed by atoms with Crippen molar-refractivity contribution in [1.29, 1.82) is 10.5 Å². The fourth-order valence-corrected chi connectivity index (χ4v) is 6.98. The van der Waals surface area contributed by atoms with Gasteiger partial charge in [-0.3, -0.25) is 0 Å². The van der Waals surface area contributed by atoms with E-state index in [4.69, 9.17) is 18.9 Å². The van der Waals surface area contributed by atoms with E-state index in [1.54, 1.807) is 28.4 Å². The molecule has 0 saturated carbocycles. The van der Waals surface area contributed by atoms with E-state index in [0.29, 0.717) is 11.1 Å². The molecule has 0 amide bonds. The average Bonchev–Trinajstić information content (AvgIpc) is 3.76. The molecule has 0 aliphatic carbocycles. The topological polar surface area (TPSA) is 94.4 Å². The van der Waals surface area contributed by atoms with Crippen LogP contribution in [0.1, 0.15) is 11.1 Å². The van der Waals surface area contributed by atoms with Crippen molar-refractivity contribution in [2.75, 3.05) is 28.4 Å². The molecule has 0 saturated heterocycles. The molecule has 0 unspecified atom stereocenters. The van der Waals surface area contributed by atoms with Crippen molar-refractivity contribution in [3.8, 4) is 70.2 Å². The first kappa shape index (κ1) is 35.0. The average molecular weight is 729 g/mol. The predicted octanol–water partition coefficient (Wildman–Crippen LogP) is 9.66. The van der Waals surface area contributed by atoms with Crippen LogP contribution in [0, 0.1) is 46.3 Å². The van der Waals surface area contributed by atoms with Crippen LogP contribution in [0.25, 0.3) is 55.0 Å².